The predicted octanol–water partition coefficient (Wildman–Crippen LogP) is 1.59. The Hall–Kier alpha value is -0.600. The number of nitrogens with zero attached hydrogens (tertiary/aromatic N) is 1. The minimum atomic E-state index is 0.211. The van der Waals surface area contributed by atoms with Crippen molar-refractivity contribution < 1.29 is 4.74 Å². The van der Waals surface area contributed by atoms with Gasteiger partial charge in [0.25, 0.3) is 0 Å². The van der Waals surface area contributed by atoms with Crippen LogP contribution in [0.2, 0.25) is 0 Å². The first-order valence-electron chi connectivity index (χ1n) is 4.73. The van der Waals surface area contributed by atoms with Gasteiger partial charge in [0, 0.05) is 20.2 Å². The zero-order chi connectivity index (χ0) is 9.47. The topological polar surface area (TPSA) is 12.5 Å². The molecule has 0 amide bonds. The average Bonchev–Trinajstić information content (AvgIpc) is 2.40. The van der Waals surface area contributed by atoms with Crippen molar-refractivity contribution in [2.45, 2.75) is 18.4 Å². The molecular formula is C11H17NO. The van der Waals surface area contributed by atoms with Crippen molar-refractivity contribution in [3.63, 3.8) is 0 Å². The highest BCUT2D eigenvalue weighted by Gasteiger charge is 2.47. The summed E-state index contributed by atoms with van der Waals surface area (Å²) in [5.41, 5.74) is 2.89. The third-order valence-corrected chi connectivity index (χ3v) is 3.07. The summed E-state index contributed by atoms with van der Waals surface area (Å²) in [7, 11) is 1.77. The molecule has 0 unspecified atom stereocenters. The molecule has 0 aromatic rings. The van der Waals surface area contributed by atoms with E-state index in [2.05, 4.69) is 18.1 Å². The second-order valence-electron chi connectivity index (χ2n) is 4.37. The van der Waals surface area contributed by atoms with E-state index in [1.54, 1.807) is 7.11 Å². The molecule has 0 radical (unpaired) electrons. The lowest BCUT2D eigenvalue weighted by Gasteiger charge is -2.30. The Labute approximate surface area is 79.9 Å². The van der Waals surface area contributed by atoms with Gasteiger partial charge in [0.15, 0.2) is 0 Å². The zero-order valence-electron chi connectivity index (χ0n) is 8.31. The first-order chi connectivity index (χ1) is 6.16. The van der Waals surface area contributed by atoms with Crippen molar-refractivity contribution in [2.24, 2.45) is 0 Å². The van der Waals surface area contributed by atoms with Crippen LogP contribution in [0.5, 0.6) is 0 Å². The molecule has 72 valence electrons. The molecule has 0 saturated carbocycles. The lowest BCUT2D eigenvalue weighted by molar-refractivity contribution is 0.0658. The maximum atomic E-state index is 5.30. The van der Waals surface area contributed by atoms with Crippen LogP contribution in [0.4, 0.5) is 0 Å². The van der Waals surface area contributed by atoms with Crippen molar-refractivity contribution in [1.29, 1.82) is 0 Å². The molecule has 0 spiro atoms. The fraction of sp³-hybridized carbons (Fsp3) is 0.636. The van der Waals surface area contributed by atoms with E-state index in [1.165, 1.54) is 11.1 Å². The minimum Gasteiger partial charge on any atom is -0.383 e. The summed E-state index contributed by atoms with van der Waals surface area (Å²) in [6.45, 7) is 11.0. The van der Waals surface area contributed by atoms with Gasteiger partial charge in [-0.3, -0.25) is 4.90 Å². The van der Waals surface area contributed by atoms with Gasteiger partial charge >= 0.3 is 0 Å². The highest BCUT2D eigenvalue weighted by atomic mass is 16.5. The second kappa shape index (κ2) is 2.96. The molecule has 2 saturated heterocycles. The zero-order valence-corrected chi connectivity index (χ0v) is 8.31. The Bertz CT molecular complexity index is 237. The molecule has 2 aliphatic rings. The molecule has 0 atom stereocenters. The van der Waals surface area contributed by atoms with E-state index < -0.39 is 0 Å². The van der Waals surface area contributed by atoms with E-state index in [-0.39, 0.29) is 5.54 Å². The summed E-state index contributed by atoms with van der Waals surface area (Å²) < 4.78 is 5.30. The highest BCUT2D eigenvalue weighted by molar-refractivity contribution is 5.26. The minimum absolute atomic E-state index is 0.211. The van der Waals surface area contributed by atoms with Gasteiger partial charge in [-0.2, -0.15) is 0 Å². The molecule has 0 aromatic heterocycles. The molecule has 2 nitrogen and oxygen atoms in total. The van der Waals surface area contributed by atoms with Crippen LogP contribution in [-0.4, -0.2) is 37.2 Å². The van der Waals surface area contributed by atoms with E-state index in [1.807, 2.05) is 0 Å². The van der Waals surface area contributed by atoms with Gasteiger partial charge < -0.3 is 4.74 Å². The van der Waals surface area contributed by atoms with E-state index in [0.717, 1.165) is 32.5 Å². The standard InChI is InChI=1S/C11H17NO/c1-9-4-11(8-13-3)5-10(2)7-12(11)6-9/h1-2,4-8H2,3H3. The van der Waals surface area contributed by atoms with Crippen LogP contribution in [0.25, 0.3) is 0 Å². The Morgan fingerprint density at radius 2 is 1.85 bits per heavy atom. The first kappa shape index (κ1) is 8.97. The molecule has 0 N–H and O–H groups in total. The van der Waals surface area contributed by atoms with Gasteiger partial charge in [0.2, 0.25) is 0 Å². The molecule has 2 heterocycles. The van der Waals surface area contributed by atoms with Gasteiger partial charge in [-0.05, 0) is 12.8 Å². The van der Waals surface area contributed by atoms with Gasteiger partial charge in [-0.25, -0.2) is 0 Å². The molecule has 2 fully saturated rings. The molecule has 13 heavy (non-hydrogen) atoms. The number of methoxy groups -OCH3 is 1. The lowest BCUT2D eigenvalue weighted by Crippen LogP contribution is -2.42. The Morgan fingerprint density at radius 1 is 1.31 bits per heavy atom. The van der Waals surface area contributed by atoms with Crippen LogP contribution in [0, 0.1) is 0 Å². The van der Waals surface area contributed by atoms with Crippen LogP contribution in [0.3, 0.4) is 0 Å². The van der Waals surface area contributed by atoms with Gasteiger partial charge in [-0.1, -0.05) is 24.3 Å². The summed E-state index contributed by atoms with van der Waals surface area (Å²) in [4.78, 5) is 2.46. The molecule has 0 aromatic carbocycles. The molecule has 2 heteroatoms. The van der Waals surface area contributed by atoms with E-state index in [0.29, 0.717) is 0 Å². The first-order valence-corrected chi connectivity index (χ1v) is 4.73. The van der Waals surface area contributed by atoms with Crippen molar-refractivity contribution in [2.75, 3.05) is 26.8 Å². The van der Waals surface area contributed by atoms with E-state index in [4.69, 9.17) is 4.74 Å². The number of fused-ring (bicyclic) bond motifs is 1. The normalized spacial score (nSPS) is 26.8. The quantitative estimate of drug-likeness (QED) is 0.597. The number of hydrogen-bond acceptors (Lipinski definition) is 2. The third kappa shape index (κ3) is 1.34. The summed E-state index contributed by atoms with van der Waals surface area (Å²) in [5.74, 6) is 0. The smallest absolute Gasteiger partial charge is 0.0653 e. The van der Waals surface area contributed by atoms with Crippen molar-refractivity contribution in [1.82, 2.24) is 4.90 Å². The molecule has 2 rings (SSSR count). The molecule has 0 aliphatic carbocycles. The summed E-state index contributed by atoms with van der Waals surface area (Å²) >= 11 is 0. The maximum Gasteiger partial charge on any atom is 0.0653 e. The number of rotatable bonds is 2. The fourth-order valence-electron chi connectivity index (χ4n) is 2.72. The Balaban J connectivity index is 2.20. The maximum absolute atomic E-state index is 5.30. The average molecular weight is 179 g/mol. The predicted molar refractivity (Wildman–Crippen MR) is 53.7 cm³/mol. The SMILES string of the molecule is C=C1CN2CC(=C)CC2(COC)C1. The molecular weight excluding hydrogens is 162 g/mol. The second-order valence-corrected chi connectivity index (χ2v) is 4.37. The molecule has 2 aliphatic heterocycles. The highest BCUT2D eigenvalue weighted by Crippen LogP contribution is 2.42. The van der Waals surface area contributed by atoms with Gasteiger partial charge in [0.05, 0.1) is 12.1 Å². The van der Waals surface area contributed by atoms with E-state index in [9.17, 15) is 0 Å². The summed E-state index contributed by atoms with van der Waals surface area (Å²) in [5, 5.41) is 0. The van der Waals surface area contributed by atoms with Crippen LogP contribution < -0.4 is 0 Å². The van der Waals surface area contributed by atoms with Gasteiger partial charge in [0.1, 0.15) is 0 Å². The molecule has 0 bridgehead atoms. The largest absolute Gasteiger partial charge is 0.383 e. The van der Waals surface area contributed by atoms with Crippen molar-refractivity contribution in [3.8, 4) is 0 Å². The van der Waals surface area contributed by atoms with Crippen LogP contribution >= 0.6 is 0 Å². The number of hydrogen-bond donors (Lipinski definition) is 0. The van der Waals surface area contributed by atoms with Crippen LogP contribution in [0.1, 0.15) is 12.8 Å². The van der Waals surface area contributed by atoms with E-state index >= 15 is 0 Å². The fourth-order valence-corrected chi connectivity index (χ4v) is 2.72. The third-order valence-electron chi connectivity index (χ3n) is 3.07. The van der Waals surface area contributed by atoms with Crippen molar-refractivity contribution in [3.05, 3.63) is 24.3 Å². The number of ether oxygens (including phenoxy) is 1. The van der Waals surface area contributed by atoms with Crippen molar-refractivity contribution >= 4 is 0 Å². The Kier molecular flexibility index (Phi) is 2.05. The van der Waals surface area contributed by atoms with Crippen LogP contribution in [0.15, 0.2) is 24.3 Å². The monoisotopic (exact) mass is 179 g/mol. The summed E-state index contributed by atoms with van der Waals surface area (Å²) in [6, 6.07) is 0. The van der Waals surface area contributed by atoms with Crippen LogP contribution in [-0.2, 0) is 4.74 Å². The van der Waals surface area contributed by atoms with Gasteiger partial charge in [-0.15, -0.1) is 0 Å². The lowest BCUT2D eigenvalue weighted by atomic mass is 9.92. The summed E-state index contributed by atoms with van der Waals surface area (Å²) in [6.07, 6.45) is 2.17. The Morgan fingerprint density at radius 3 is 2.31 bits per heavy atom.